The minimum Gasteiger partial charge on any atom is -0.496 e. The van der Waals surface area contributed by atoms with Crippen molar-refractivity contribution in [3.63, 3.8) is 0 Å². The zero-order chi connectivity index (χ0) is 16.8. The second-order valence-electron chi connectivity index (χ2n) is 5.78. The van der Waals surface area contributed by atoms with Gasteiger partial charge in [0.15, 0.2) is 5.82 Å². The molecule has 0 saturated carbocycles. The molecule has 1 aromatic heterocycles. The summed E-state index contributed by atoms with van der Waals surface area (Å²) in [4.78, 5) is 6.81. The van der Waals surface area contributed by atoms with Crippen molar-refractivity contribution >= 4 is 0 Å². The van der Waals surface area contributed by atoms with Crippen LogP contribution in [-0.2, 0) is 17.7 Å². The third-order valence-corrected chi connectivity index (χ3v) is 4.23. The first kappa shape index (κ1) is 16.9. The van der Waals surface area contributed by atoms with Crippen molar-refractivity contribution in [1.29, 1.82) is 0 Å². The summed E-state index contributed by atoms with van der Waals surface area (Å²) in [5, 5.41) is 7.47. The van der Waals surface area contributed by atoms with Gasteiger partial charge in [0.25, 0.3) is 0 Å². The number of rotatable bonds is 7. The van der Waals surface area contributed by atoms with Crippen LogP contribution < -0.4 is 10.1 Å². The molecule has 2 aromatic rings. The maximum atomic E-state index is 5.53. The van der Waals surface area contributed by atoms with E-state index in [1.165, 1.54) is 5.56 Å². The lowest BCUT2D eigenvalue weighted by atomic mass is 10.0. The van der Waals surface area contributed by atoms with E-state index in [-0.39, 0.29) is 6.04 Å². The predicted molar refractivity (Wildman–Crippen MR) is 88.9 cm³/mol. The average Bonchev–Trinajstić information content (AvgIpc) is 3.08. The normalized spacial score (nSPS) is 18.7. The van der Waals surface area contributed by atoms with Crippen LogP contribution in [0.5, 0.6) is 5.75 Å². The minimum atomic E-state index is 0.212. The molecule has 2 heterocycles. The molecule has 0 bridgehead atoms. The highest BCUT2D eigenvalue weighted by Gasteiger charge is 2.27. The summed E-state index contributed by atoms with van der Waals surface area (Å²) >= 11 is 0. The van der Waals surface area contributed by atoms with Crippen LogP contribution in [0.25, 0.3) is 0 Å². The molecule has 1 saturated heterocycles. The number of methoxy groups -OCH3 is 2. The van der Waals surface area contributed by atoms with Crippen molar-refractivity contribution in [3.05, 3.63) is 41.5 Å². The van der Waals surface area contributed by atoms with Crippen molar-refractivity contribution in [3.8, 4) is 5.75 Å². The number of hydrogen-bond acceptors (Lipinski definition) is 7. The Balaban J connectivity index is 1.74. The van der Waals surface area contributed by atoms with Gasteiger partial charge < -0.3 is 19.3 Å². The molecule has 1 aliphatic rings. The molecule has 1 N–H and O–H groups in total. The molecule has 0 spiro atoms. The van der Waals surface area contributed by atoms with Gasteiger partial charge in [0.05, 0.1) is 26.3 Å². The lowest BCUT2D eigenvalue weighted by Crippen LogP contribution is -2.45. The fourth-order valence-corrected chi connectivity index (χ4v) is 3.01. The molecule has 1 aliphatic heterocycles. The van der Waals surface area contributed by atoms with E-state index >= 15 is 0 Å². The highest BCUT2D eigenvalue weighted by Crippen LogP contribution is 2.30. The molecule has 24 heavy (non-hydrogen) atoms. The van der Waals surface area contributed by atoms with Crippen molar-refractivity contribution in [2.75, 3.05) is 40.5 Å². The molecular formula is C17H24N4O3. The van der Waals surface area contributed by atoms with Crippen molar-refractivity contribution < 1.29 is 14.0 Å². The molecule has 130 valence electrons. The van der Waals surface area contributed by atoms with Gasteiger partial charge in [-0.05, 0) is 6.07 Å². The molecule has 7 nitrogen and oxygen atoms in total. The van der Waals surface area contributed by atoms with E-state index < -0.39 is 0 Å². The quantitative estimate of drug-likeness (QED) is 0.822. The van der Waals surface area contributed by atoms with Crippen molar-refractivity contribution in [2.45, 2.75) is 19.0 Å². The lowest BCUT2D eigenvalue weighted by Gasteiger charge is -2.36. The first-order chi connectivity index (χ1) is 11.8. The minimum absolute atomic E-state index is 0.212. The monoisotopic (exact) mass is 332 g/mol. The van der Waals surface area contributed by atoms with Crippen LogP contribution in [0.4, 0.5) is 0 Å². The van der Waals surface area contributed by atoms with E-state index in [1.807, 2.05) is 18.2 Å². The average molecular weight is 332 g/mol. The van der Waals surface area contributed by atoms with Crippen LogP contribution in [0.2, 0.25) is 0 Å². The van der Waals surface area contributed by atoms with Gasteiger partial charge in [0.2, 0.25) is 5.89 Å². The molecule has 1 fully saturated rings. The molecule has 0 aliphatic carbocycles. The summed E-state index contributed by atoms with van der Waals surface area (Å²) in [6, 6.07) is 8.35. The van der Waals surface area contributed by atoms with E-state index in [2.05, 4.69) is 26.4 Å². The highest BCUT2D eigenvalue weighted by molar-refractivity contribution is 5.36. The zero-order valence-corrected chi connectivity index (χ0v) is 14.2. The van der Waals surface area contributed by atoms with Gasteiger partial charge in [-0.2, -0.15) is 4.98 Å². The Morgan fingerprint density at radius 2 is 2.21 bits per heavy atom. The number of ether oxygens (including phenoxy) is 2. The Kier molecular flexibility index (Phi) is 5.79. The van der Waals surface area contributed by atoms with Gasteiger partial charge in [-0.15, -0.1) is 0 Å². The number of para-hydroxylation sites is 1. The topological polar surface area (TPSA) is 72.7 Å². The smallest absolute Gasteiger partial charge is 0.240 e. The van der Waals surface area contributed by atoms with Crippen LogP contribution in [0.1, 0.15) is 23.3 Å². The summed E-state index contributed by atoms with van der Waals surface area (Å²) in [6.45, 7) is 3.95. The van der Waals surface area contributed by atoms with Crippen LogP contribution >= 0.6 is 0 Å². The maximum Gasteiger partial charge on any atom is 0.240 e. The second kappa shape index (κ2) is 8.23. The van der Waals surface area contributed by atoms with E-state index in [9.17, 15) is 0 Å². The number of nitrogens with one attached hydrogen (secondary N) is 1. The van der Waals surface area contributed by atoms with Gasteiger partial charge in [-0.1, -0.05) is 23.4 Å². The summed E-state index contributed by atoms with van der Waals surface area (Å²) in [5.41, 5.74) is 1.17. The van der Waals surface area contributed by atoms with Crippen LogP contribution in [0.15, 0.2) is 28.8 Å². The summed E-state index contributed by atoms with van der Waals surface area (Å²) < 4.78 is 16.0. The first-order valence-corrected chi connectivity index (χ1v) is 8.20. The van der Waals surface area contributed by atoms with E-state index in [1.54, 1.807) is 14.2 Å². The van der Waals surface area contributed by atoms with Gasteiger partial charge in [0, 0.05) is 38.7 Å². The predicted octanol–water partition coefficient (Wildman–Crippen LogP) is 1.41. The van der Waals surface area contributed by atoms with Crippen LogP contribution in [-0.4, -0.2) is 55.5 Å². The van der Waals surface area contributed by atoms with Crippen LogP contribution in [0, 0.1) is 0 Å². The summed E-state index contributed by atoms with van der Waals surface area (Å²) in [7, 11) is 3.37. The van der Waals surface area contributed by atoms with E-state index in [0.717, 1.165) is 25.4 Å². The first-order valence-electron chi connectivity index (χ1n) is 8.20. The zero-order valence-electron chi connectivity index (χ0n) is 14.2. The summed E-state index contributed by atoms with van der Waals surface area (Å²) in [5.74, 6) is 2.24. The highest BCUT2D eigenvalue weighted by atomic mass is 16.5. The van der Waals surface area contributed by atoms with E-state index in [4.69, 9.17) is 14.0 Å². The maximum absolute atomic E-state index is 5.53. The van der Waals surface area contributed by atoms with E-state index in [0.29, 0.717) is 31.3 Å². The van der Waals surface area contributed by atoms with Crippen LogP contribution in [0.3, 0.4) is 0 Å². The Labute approximate surface area is 141 Å². The third-order valence-electron chi connectivity index (χ3n) is 4.23. The molecule has 0 radical (unpaired) electrons. The lowest BCUT2D eigenvalue weighted by molar-refractivity contribution is 0.133. The molecule has 3 rings (SSSR count). The number of hydrogen-bond donors (Lipinski definition) is 1. The second-order valence-corrected chi connectivity index (χ2v) is 5.78. The van der Waals surface area contributed by atoms with Gasteiger partial charge in [0.1, 0.15) is 5.75 Å². The summed E-state index contributed by atoms with van der Waals surface area (Å²) in [6.07, 6.45) is 0.664. The molecule has 1 atom stereocenters. The third kappa shape index (κ3) is 3.92. The molecule has 1 aromatic carbocycles. The number of aromatic nitrogens is 2. The Morgan fingerprint density at radius 3 is 3.04 bits per heavy atom. The van der Waals surface area contributed by atoms with Gasteiger partial charge in [-0.3, -0.25) is 4.90 Å². The van der Waals surface area contributed by atoms with Crippen molar-refractivity contribution in [1.82, 2.24) is 20.4 Å². The largest absolute Gasteiger partial charge is 0.496 e. The fourth-order valence-electron chi connectivity index (χ4n) is 3.01. The molecule has 0 amide bonds. The number of benzene rings is 1. The Hall–Kier alpha value is -1.96. The standard InChI is InChI=1S/C17H24N4O3/c1-22-10-7-16-19-17(24-20-16)12-21-9-8-18-11-14(21)13-5-3-4-6-15(13)23-2/h3-6,14,18H,7-12H2,1-2H3. The number of piperazine rings is 1. The van der Waals surface area contributed by atoms with Gasteiger partial charge in [-0.25, -0.2) is 0 Å². The molecular weight excluding hydrogens is 308 g/mol. The van der Waals surface area contributed by atoms with Crippen molar-refractivity contribution in [2.24, 2.45) is 0 Å². The van der Waals surface area contributed by atoms with Gasteiger partial charge >= 0.3 is 0 Å². The Bertz CT molecular complexity index is 646. The fraction of sp³-hybridized carbons (Fsp3) is 0.529. The molecule has 1 unspecified atom stereocenters. The molecule has 7 heteroatoms. The SMILES string of the molecule is COCCc1noc(CN2CCNCC2c2ccccc2OC)n1. The Morgan fingerprint density at radius 1 is 1.33 bits per heavy atom. The number of nitrogens with zero attached hydrogens (tertiary/aromatic N) is 3.